The molecule has 2 amide bonds. The zero-order valence-electron chi connectivity index (χ0n) is 27.7. The fraction of sp³-hybridized carbons (Fsp3) is 0.297. The lowest BCUT2D eigenvalue weighted by atomic mass is 10.0. The van der Waals surface area contributed by atoms with Crippen molar-refractivity contribution in [1.82, 2.24) is 10.2 Å². The smallest absolute Gasteiger partial charge is 0.352 e. The highest BCUT2D eigenvalue weighted by molar-refractivity contribution is 7.92. The lowest BCUT2D eigenvalue weighted by molar-refractivity contribution is -0.140. The second-order valence-corrected chi connectivity index (χ2v) is 14.3. The minimum absolute atomic E-state index is 0.0707. The Bertz CT molecular complexity index is 1870. The van der Waals surface area contributed by atoms with Gasteiger partial charge in [-0.2, -0.15) is 13.2 Å². The molecule has 0 aliphatic rings. The number of hydrogen-bond acceptors (Lipinski definition) is 4. The van der Waals surface area contributed by atoms with Crippen molar-refractivity contribution in [2.24, 2.45) is 0 Å². The van der Waals surface area contributed by atoms with Crippen LogP contribution in [0, 0.1) is 13.8 Å². The summed E-state index contributed by atoms with van der Waals surface area (Å²) in [7, 11) is -4.61. The van der Waals surface area contributed by atoms with Crippen LogP contribution in [0.3, 0.4) is 0 Å². The van der Waals surface area contributed by atoms with Gasteiger partial charge < -0.3 is 10.2 Å². The molecular formula is C37H39ClF3N3O4S. The van der Waals surface area contributed by atoms with E-state index in [4.69, 9.17) is 11.6 Å². The lowest BCUT2D eigenvalue weighted by Crippen LogP contribution is -2.54. The number of benzene rings is 4. The number of carbonyl (C=O) groups is 2. The Hall–Kier alpha value is -4.35. The number of alkyl halides is 3. The molecule has 4 aromatic rings. The summed E-state index contributed by atoms with van der Waals surface area (Å²) in [6.45, 7) is 6.40. The number of carbonyl (C=O) groups excluding carboxylic acids is 2. The summed E-state index contributed by atoms with van der Waals surface area (Å²) in [6.07, 6.45) is -4.18. The van der Waals surface area contributed by atoms with Crippen LogP contribution in [0.1, 0.15) is 48.1 Å². The molecule has 0 fully saturated rings. The Balaban J connectivity index is 1.87. The number of anilines is 1. The van der Waals surface area contributed by atoms with Gasteiger partial charge in [0.1, 0.15) is 12.6 Å². The molecule has 0 aliphatic heterocycles. The van der Waals surface area contributed by atoms with Crippen molar-refractivity contribution in [3.8, 4) is 0 Å². The number of sulfonamides is 1. The molecule has 12 heteroatoms. The molecule has 0 saturated carbocycles. The summed E-state index contributed by atoms with van der Waals surface area (Å²) in [4.78, 5) is 29.6. The van der Waals surface area contributed by atoms with E-state index in [1.54, 1.807) is 43.3 Å². The zero-order valence-corrected chi connectivity index (χ0v) is 29.2. The maximum atomic E-state index is 14.6. The van der Waals surface area contributed by atoms with E-state index in [2.05, 4.69) is 5.32 Å². The largest absolute Gasteiger partial charge is 0.417 e. The first-order chi connectivity index (χ1) is 23.1. The van der Waals surface area contributed by atoms with Crippen LogP contribution < -0.4 is 9.62 Å². The Morgan fingerprint density at radius 3 is 2.12 bits per heavy atom. The van der Waals surface area contributed by atoms with Crippen molar-refractivity contribution in [2.45, 2.75) is 70.2 Å². The molecule has 1 N–H and O–H groups in total. The van der Waals surface area contributed by atoms with Gasteiger partial charge in [-0.05, 0) is 68.7 Å². The van der Waals surface area contributed by atoms with Gasteiger partial charge in [0.05, 0.1) is 21.2 Å². The van der Waals surface area contributed by atoms with Gasteiger partial charge in [-0.3, -0.25) is 13.9 Å². The second kappa shape index (κ2) is 15.9. The van der Waals surface area contributed by atoms with Crippen LogP contribution in [-0.2, 0) is 38.8 Å². The SMILES string of the molecule is CC[C@H](C)NC(=O)[C@H](Cc1ccccc1)N(Cc1cccc(C)c1)C(=O)CN(c1ccc(Cl)c(C(F)(F)F)c1)S(=O)(=O)c1ccc(C)cc1. The maximum absolute atomic E-state index is 14.6. The fourth-order valence-electron chi connectivity index (χ4n) is 5.25. The number of nitrogens with one attached hydrogen (secondary N) is 1. The van der Waals surface area contributed by atoms with Crippen molar-refractivity contribution >= 4 is 39.1 Å². The summed E-state index contributed by atoms with van der Waals surface area (Å²) in [5, 5.41) is 2.33. The molecular weight excluding hydrogens is 675 g/mol. The molecule has 0 heterocycles. The molecule has 0 bridgehead atoms. The highest BCUT2D eigenvalue weighted by Crippen LogP contribution is 2.38. The van der Waals surface area contributed by atoms with Gasteiger partial charge in [0.2, 0.25) is 11.8 Å². The van der Waals surface area contributed by atoms with Crippen molar-refractivity contribution in [3.63, 3.8) is 0 Å². The molecule has 0 saturated heterocycles. The van der Waals surface area contributed by atoms with Crippen LogP contribution in [0.15, 0.2) is 102 Å². The average molecular weight is 714 g/mol. The van der Waals surface area contributed by atoms with E-state index in [1.807, 2.05) is 51.1 Å². The minimum atomic E-state index is -4.90. The van der Waals surface area contributed by atoms with Crippen molar-refractivity contribution in [2.75, 3.05) is 10.8 Å². The molecule has 0 unspecified atom stereocenters. The Labute approximate surface area is 290 Å². The zero-order chi connectivity index (χ0) is 35.9. The number of rotatable bonds is 13. The van der Waals surface area contributed by atoms with Gasteiger partial charge in [-0.25, -0.2) is 8.42 Å². The fourth-order valence-corrected chi connectivity index (χ4v) is 6.88. The standard InChI is InChI=1S/C37H39ClF3N3O4S/c1-5-27(4)42-36(46)34(21-28-11-7-6-8-12-28)43(23-29-13-9-10-26(3)20-29)35(45)24-44(49(47,48)31-17-14-25(2)15-18-31)30-16-19-33(38)32(22-30)37(39,40)41/h6-20,22,27,34H,5,21,23-24H2,1-4H3,(H,42,46)/t27-,34-/m0/s1. The first kappa shape index (κ1) is 37.5. The first-order valence-electron chi connectivity index (χ1n) is 15.8. The van der Waals surface area contributed by atoms with E-state index in [0.717, 1.165) is 28.8 Å². The number of hydrogen-bond donors (Lipinski definition) is 1. The molecule has 7 nitrogen and oxygen atoms in total. The number of nitrogens with zero attached hydrogens (tertiary/aromatic N) is 2. The summed E-state index contributed by atoms with van der Waals surface area (Å²) in [6, 6.07) is 23.5. The third-order valence-corrected chi connectivity index (χ3v) is 10.3. The summed E-state index contributed by atoms with van der Waals surface area (Å²) in [5.41, 5.74) is 1.43. The van der Waals surface area contributed by atoms with Gasteiger partial charge in [-0.15, -0.1) is 0 Å². The molecule has 2 atom stereocenters. The Morgan fingerprint density at radius 1 is 0.857 bits per heavy atom. The lowest BCUT2D eigenvalue weighted by Gasteiger charge is -2.34. The molecule has 0 aliphatic carbocycles. The number of halogens is 4. The van der Waals surface area contributed by atoms with Gasteiger partial charge in [0, 0.05) is 19.0 Å². The van der Waals surface area contributed by atoms with Crippen LogP contribution in [0.4, 0.5) is 18.9 Å². The van der Waals surface area contributed by atoms with Crippen molar-refractivity contribution in [1.29, 1.82) is 0 Å². The number of aryl methyl sites for hydroxylation is 2. The van der Waals surface area contributed by atoms with Crippen LogP contribution in [0.2, 0.25) is 5.02 Å². The first-order valence-corrected chi connectivity index (χ1v) is 17.6. The van der Waals surface area contributed by atoms with Crippen molar-refractivity contribution in [3.05, 3.63) is 130 Å². The molecule has 4 rings (SSSR count). The molecule has 0 radical (unpaired) electrons. The van der Waals surface area contributed by atoms with Crippen LogP contribution in [0.25, 0.3) is 0 Å². The molecule has 4 aromatic carbocycles. The van der Waals surface area contributed by atoms with Gasteiger partial charge in [0.15, 0.2) is 0 Å². The van der Waals surface area contributed by atoms with E-state index in [0.29, 0.717) is 22.4 Å². The topological polar surface area (TPSA) is 86.8 Å². The predicted molar refractivity (Wildman–Crippen MR) is 186 cm³/mol. The third kappa shape index (κ3) is 9.64. The molecule has 0 aromatic heterocycles. The van der Waals surface area contributed by atoms with E-state index in [1.165, 1.54) is 17.0 Å². The highest BCUT2D eigenvalue weighted by atomic mass is 35.5. The Morgan fingerprint density at radius 2 is 1.51 bits per heavy atom. The summed E-state index contributed by atoms with van der Waals surface area (Å²) >= 11 is 5.89. The van der Waals surface area contributed by atoms with E-state index < -0.39 is 56.9 Å². The second-order valence-electron chi connectivity index (χ2n) is 12.0. The summed E-state index contributed by atoms with van der Waals surface area (Å²) in [5.74, 6) is -1.24. The third-order valence-electron chi connectivity index (χ3n) is 8.14. The predicted octanol–water partition coefficient (Wildman–Crippen LogP) is 7.73. The number of amides is 2. The molecule has 0 spiro atoms. The van der Waals surface area contributed by atoms with Crippen LogP contribution in [-0.4, -0.2) is 43.8 Å². The summed E-state index contributed by atoms with van der Waals surface area (Å²) < 4.78 is 71.0. The van der Waals surface area contributed by atoms with Gasteiger partial charge in [0.25, 0.3) is 10.0 Å². The molecule has 260 valence electrons. The quantitative estimate of drug-likeness (QED) is 0.154. The maximum Gasteiger partial charge on any atom is 0.417 e. The van der Waals surface area contributed by atoms with Crippen LogP contribution in [0.5, 0.6) is 0 Å². The highest BCUT2D eigenvalue weighted by Gasteiger charge is 2.38. The molecule has 49 heavy (non-hydrogen) atoms. The Kier molecular flexibility index (Phi) is 12.2. The van der Waals surface area contributed by atoms with E-state index >= 15 is 0 Å². The average Bonchev–Trinajstić information content (AvgIpc) is 3.05. The monoisotopic (exact) mass is 713 g/mol. The van der Waals surface area contributed by atoms with Crippen LogP contribution >= 0.6 is 11.6 Å². The normalized spacial score (nSPS) is 13.0. The van der Waals surface area contributed by atoms with E-state index in [9.17, 15) is 31.2 Å². The van der Waals surface area contributed by atoms with E-state index in [-0.39, 0.29) is 23.9 Å². The van der Waals surface area contributed by atoms with Gasteiger partial charge >= 0.3 is 6.18 Å². The van der Waals surface area contributed by atoms with Gasteiger partial charge in [-0.1, -0.05) is 96.4 Å². The van der Waals surface area contributed by atoms with Crippen molar-refractivity contribution < 1.29 is 31.2 Å². The minimum Gasteiger partial charge on any atom is -0.352 e.